The predicted octanol–water partition coefficient (Wildman–Crippen LogP) is 5.39. The second-order valence-corrected chi connectivity index (χ2v) is 7.48. The third-order valence-electron chi connectivity index (χ3n) is 4.64. The number of hydrogen-bond acceptors (Lipinski definition) is 4. The molecular weight excluding hydrogens is 344 g/mol. The van der Waals surface area contributed by atoms with Gasteiger partial charge in [-0.05, 0) is 54.2 Å². The average molecular weight is 369 g/mol. The van der Waals surface area contributed by atoms with Crippen LogP contribution in [0.2, 0.25) is 0 Å². The van der Waals surface area contributed by atoms with E-state index >= 15 is 0 Å². The second-order valence-electron chi connectivity index (χ2n) is 6.45. The van der Waals surface area contributed by atoms with E-state index in [1.165, 1.54) is 16.9 Å². The van der Waals surface area contributed by atoms with Gasteiger partial charge in [0.2, 0.25) is 5.91 Å². The van der Waals surface area contributed by atoms with E-state index in [1.54, 1.807) is 7.11 Å². The number of rotatable bonds is 7. The smallest absolute Gasteiger partial charge is 0.226 e. The van der Waals surface area contributed by atoms with E-state index in [0.717, 1.165) is 28.0 Å². The number of nitrogens with zero attached hydrogens (tertiary/aromatic N) is 1. The Morgan fingerprint density at radius 1 is 1.23 bits per heavy atom. The zero-order valence-corrected chi connectivity index (χ0v) is 16.2. The topological polar surface area (TPSA) is 51.2 Å². The molecule has 0 spiro atoms. The summed E-state index contributed by atoms with van der Waals surface area (Å²) in [5, 5.41) is 3.60. The lowest BCUT2D eigenvalue weighted by Crippen LogP contribution is -2.12. The maximum absolute atomic E-state index is 12.2. The standard InChI is InChI=1S/C21H24N2O2S/c1-4-14(2)16-8-11-18-19(13-16)26-21(22-18)23-20(24)12-7-15-5-9-17(25-3)10-6-15/h5-6,8-11,13-14H,4,7,12H2,1-3H3,(H,22,23,24). The lowest BCUT2D eigenvalue weighted by molar-refractivity contribution is -0.116. The lowest BCUT2D eigenvalue weighted by atomic mass is 9.99. The molecule has 3 aromatic rings. The van der Waals surface area contributed by atoms with Gasteiger partial charge in [0, 0.05) is 6.42 Å². The third-order valence-corrected chi connectivity index (χ3v) is 5.57. The minimum atomic E-state index is -0.0120. The summed E-state index contributed by atoms with van der Waals surface area (Å²) < 4.78 is 6.27. The zero-order valence-electron chi connectivity index (χ0n) is 15.4. The van der Waals surface area contributed by atoms with E-state index < -0.39 is 0 Å². The largest absolute Gasteiger partial charge is 0.497 e. The summed E-state index contributed by atoms with van der Waals surface area (Å²) in [6.45, 7) is 4.42. The van der Waals surface area contributed by atoms with E-state index in [1.807, 2.05) is 30.3 Å². The molecule has 0 aliphatic carbocycles. The van der Waals surface area contributed by atoms with Crippen LogP contribution in [0.3, 0.4) is 0 Å². The van der Waals surface area contributed by atoms with Crippen molar-refractivity contribution in [3.05, 3.63) is 53.6 Å². The van der Waals surface area contributed by atoms with E-state index in [0.29, 0.717) is 23.9 Å². The van der Waals surface area contributed by atoms with Gasteiger partial charge >= 0.3 is 0 Å². The van der Waals surface area contributed by atoms with Gasteiger partial charge in [-0.3, -0.25) is 4.79 Å². The van der Waals surface area contributed by atoms with Crippen molar-refractivity contribution in [2.24, 2.45) is 0 Å². The van der Waals surface area contributed by atoms with Crippen LogP contribution in [0.1, 0.15) is 43.7 Å². The summed E-state index contributed by atoms with van der Waals surface area (Å²) in [7, 11) is 1.65. The fraction of sp³-hybridized carbons (Fsp3) is 0.333. The summed E-state index contributed by atoms with van der Waals surface area (Å²) in [6, 6.07) is 14.2. The number of thiazole rings is 1. The quantitative estimate of drug-likeness (QED) is 0.608. The maximum atomic E-state index is 12.2. The molecule has 4 nitrogen and oxygen atoms in total. The van der Waals surface area contributed by atoms with Crippen molar-refractivity contribution in [3.63, 3.8) is 0 Å². The van der Waals surface area contributed by atoms with Crippen molar-refractivity contribution in [3.8, 4) is 5.75 Å². The van der Waals surface area contributed by atoms with Gasteiger partial charge in [-0.2, -0.15) is 0 Å². The highest BCUT2D eigenvalue weighted by Crippen LogP contribution is 2.30. The molecule has 0 saturated carbocycles. The summed E-state index contributed by atoms with van der Waals surface area (Å²) in [5.74, 6) is 1.34. The van der Waals surface area contributed by atoms with Gasteiger partial charge in [-0.1, -0.05) is 43.4 Å². The molecule has 0 saturated heterocycles. The minimum Gasteiger partial charge on any atom is -0.497 e. The monoisotopic (exact) mass is 368 g/mol. The molecule has 0 radical (unpaired) electrons. The van der Waals surface area contributed by atoms with E-state index in [2.05, 4.69) is 36.3 Å². The molecule has 3 rings (SSSR count). The van der Waals surface area contributed by atoms with Gasteiger partial charge in [0.15, 0.2) is 5.13 Å². The number of anilines is 1. The van der Waals surface area contributed by atoms with Gasteiger partial charge in [-0.15, -0.1) is 0 Å². The van der Waals surface area contributed by atoms with Gasteiger partial charge in [0.25, 0.3) is 0 Å². The van der Waals surface area contributed by atoms with Crippen molar-refractivity contribution in [1.82, 2.24) is 4.98 Å². The van der Waals surface area contributed by atoms with Crippen LogP contribution in [-0.4, -0.2) is 18.0 Å². The number of carbonyl (C=O) groups is 1. The lowest BCUT2D eigenvalue weighted by Gasteiger charge is -2.07. The molecule has 2 aromatic carbocycles. The molecule has 136 valence electrons. The van der Waals surface area contributed by atoms with E-state index in [-0.39, 0.29) is 5.91 Å². The van der Waals surface area contributed by atoms with Crippen LogP contribution in [0.5, 0.6) is 5.75 Å². The SMILES string of the molecule is CCC(C)c1ccc2nc(NC(=O)CCc3ccc(OC)cc3)sc2c1. The van der Waals surface area contributed by atoms with Gasteiger partial charge in [0.1, 0.15) is 5.75 Å². The fourth-order valence-corrected chi connectivity index (χ4v) is 3.70. The van der Waals surface area contributed by atoms with Crippen LogP contribution in [0.25, 0.3) is 10.2 Å². The normalized spacial score (nSPS) is 12.1. The number of methoxy groups -OCH3 is 1. The van der Waals surface area contributed by atoms with Gasteiger partial charge < -0.3 is 10.1 Å². The first kappa shape index (κ1) is 18.4. The molecule has 0 aliphatic heterocycles. The second kappa shape index (κ2) is 8.32. The molecule has 1 aromatic heterocycles. The number of fused-ring (bicyclic) bond motifs is 1. The Kier molecular flexibility index (Phi) is 5.89. The summed E-state index contributed by atoms with van der Waals surface area (Å²) >= 11 is 1.53. The molecule has 0 bridgehead atoms. The van der Waals surface area contributed by atoms with Crippen LogP contribution in [0.15, 0.2) is 42.5 Å². The minimum absolute atomic E-state index is 0.0120. The Hall–Kier alpha value is -2.40. The number of amides is 1. The first-order valence-corrected chi connectivity index (χ1v) is 9.74. The number of carbonyl (C=O) groups excluding carboxylic acids is 1. The zero-order chi connectivity index (χ0) is 18.5. The summed E-state index contributed by atoms with van der Waals surface area (Å²) in [4.78, 5) is 16.8. The Morgan fingerprint density at radius 3 is 2.69 bits per heavy atom. The third kappa shape index (κ3) is 4.41. The Labute approximate surface area is 158 Å². The van der Waals surface area contributed by atoms with Crippen molar-refractivity contribution >= 4 is 32.6 Å². The molecule has 1 N–H and O–H groups in total. The highest BCUT2D eigenvalue weighted by atomic mass is 32.1. The summed E-state index contributed by atoms with van der Waals surface area (Å²) in [5.41, 5.74) is 3.37. The molecule has 0 fully saturated rings. The number of nitrogens with one attached hydrogen (secondary N) is 1. The molecule has 1 unspecified atom stereocenters. The molecule has 5 heteroatoms. The van der Waals surface area contributed by atoms with Gasteiger partial charge in [0.05, 0.1) is 17.3 Å². The first-order valence-electron chi connectivity index (χ1n) is 8.92. The molecule has 0 aliphatic rings. The Bertz CT molecular complexity index is 887. The van der Waals surface area contributed by atoms with Crippen LogP contribution >= 0.6 is 11.3 Å². The predicted molar refractivity (Wildman–Crippen MR) is 108 cm³/mol. The van der Waals surface area contributed by atoms with Crippen molar-refractivity contribution < 1.29 is 9.53 Å². The molecule has 1 amide bonds. The van der Waals surface area contributed by atoms with Crippen LogP contribution in [-0.2, 0) is 11.2 Å². The Balaban J connectivity index is 1.61. The van der Waals surface area contributed by atoms with Crippen molar-refractivity contribution in [1.29, 1.82) is 0 Å². The number of aryl methyl sites for hydroxylation is 1. The van der Waals surface area contributed by atoms with E-state index in [4.69, 9.17) is 4.74 Å². The Morgan fingerprint density at radius 2 is 2.00 bits per heavy atom. The fourth-order valence-electron chi connectivity index (χ4n) is 2.77. The van der Waals surface area contributed by atoms with Crippen LogP contribution in [0.4, 0.5) is 5.13 Å². The first-order chi connectivity index (χ1) is 12.6. The van der Waals surface area contributed by atoms with Gasteiger partial charge in [-0.25, -0.2) is 4.98 Å². The molecule has 26 heavy (non-hydrogen) atoms. The highest BCUT2D eigenvalue weighted by Gasteiger charge is 2.10. The highest BCUT2D eigenvalue weighted by molar-refractivity contribution is 7.22. The number of ether oxygens (including phenoxy) is 1. The summed E-state index contributed by atoms with van der Waals surface area (Å²) in [6.07, 6.45) is 2.23. The molecule has 1 atom stereocenters. The molecular formula is C21H24N2O2S. The average Bonchev–Trinajstić information content (AvgIpc) is 3.07. The van der Waals surface area contributed by atoms with E-state index in [9.17, 15) is 4.79 Å². The van der Waals surface area contributed by atoms with Crippen LogP contribution in [0, 0.1) is 0 Å². The van der Waals surface area contributed by atoms with Crippen molar-refractivity contribution in [2.75, 3.05) is 12.4 Å². The number of benzene rings is 2. The number of hydrogen-bond donors (Lipinski definition) is 1. The maximum Gasteiger partial charge on any atom is 0.226 e. The van der Waals surface area contributed by atoms with Crippen LogP contribution < -0.4 is 10.1 Å². The van der Waals surface area contributed by atoms with Crippen molar-refractivity contribution in [2.45, 2.75) is 39.0 Å². The molecule has 1 heterocycles. The number of aromatic nitrogens is 1.